The van der Waals surface area contributed by atoms with Crippen molar-refractivity contribution < 1.29 is 10.2 Å². The van der Waals surface area contributed by atoms with Crippen LogP contribution in [0, 0.1) is 5.92 Å². The molecule has 0 bridgehead atoms. The Morgan fingerprint density at radius 2 is 1.93 bits per heavy atom. The van der Waals surface area contributed by atoms with Gasteiger partial charge in [-0.25, -0.2) is 0 Å². The maximum Gasteiger partial charge on any atom is 0.0972 e. The van der Waals surface area contributed by atoms with Crippen LogP contribution in [0.3, 0.4) is 0 Å². The van der Waals surface area contributed by atoms with Crippen LogP contribution in [0.4, 0.5) is 0 Å². The number of hydrogen-bond acceptors (Lipinski definition) is 3. The van der Waals surface area contributed by atoms with Crippen molar-refractivity contribution in [2.24, 2.45) is 5.92 Å². The fraction of sp³-hybridized carbons (Fsp3) is 1.00. The molecule has 0 aliphatic heterocycles. The molecule has 0 aromatic rings. The minimum Gasteiger partial charge on any atom is -0.393 e. The van der Waals surface area contributed by atoms with Crippen molar-refractivity contribution in [3.05, 3.63) is 0 Å². The first-order chi connectivity index (χ1) is 7.05. The van der Waals surface area contributed by atoms with Crippen molar-refractivity contribution >= 4 is 0 Å². The molecule has 0 aromatic heterocycles. The Bertz CT molecular complexity index is 176. The summed E-state index contributed by atoms with van der Waals surface area (Å²) in [5.41, 5.74) is -0.983. The second-order valence-corrected chi connectivity index (χ2v) is 5.22. The number of rotatable bonds is 5. The summed E-state index contributed by atoms with van der Waals surface area (Å²) in [7, 11) is 0. The summed E-state index contributed by atoms with van der Waals surface area (Å²) in [6.07, 6.45) is 6.66. The standard InChI is InChI=1S/C12H25NO2/c1-10(11-6-4-3-5-7-11)13-8-12(2,15)9-14/h10-11,13-15H,3-9H2,1-2H3. The summed E-state index contributed by atoms with van der Waals surface area (Å²) in [5, 5.41) is 21.9. The molecule has 1 fully saturated rings. The van der Waals surface area contributed by atoms with Crippen LogP contribution in [-0.4, -0.2) is 35.0 Å². The van der Waals surface area contributed by atoms with Gasteiger partial charge in [0.15, 0.2) is 0 Å². The lowest BCUT2D eigenvalue weighted by Gasteiger charge is -2.31. The van der Waals surface area contributed by atoms with Gasteiger partial charge in [0.1, 0.15) is 0 Å². The molecular weight excluding hydrogens is 190 g/mol. The van der Waals surface area contributed by atoms with E-state index in [2.05, 4.69) is 12.2 Å². The second kappa shape index (κ2) is 5.83. The van der Waals surface area contributed by atoms with Crippen LogP contribution in [0.25, 0.3) is 0 Å². The largest absolute Gasteiger partial charge is 0.393 e. The van der Waals surface area contributed by atoms with Crippen molar-refractivity contribution in [3.8, 4) is 0 Å². The van der Waals surface area contributed by atoms with Gasteiger partial charge in [-0.05, 0) is 32.6 Å². The van der Waals surface area contributed by atoms with Crippen LogP contribution < -0.4 is 5.32 Å². The van der Waals surface area contributed by atoms with Crippen LogP contribution >= 0.6 is 0 Å². The number of aliphatic hydroxyl groups excluding tert-OH is 1. The lowest BCUT2D eigenvalue weighted by Crippen LogP contribution is -2.46. The van der Waals surface area contributed by atoms with Gasteiger partial charge in [-0.2, -0.15) is 0 Å². The molecule has 0 heterocycles. The van der Waals surface area contributed by atoms with E-state index in [-0.39, 0.29) is 6.61 Å². The molecule has 90 valence electrons. The predicted octanol–water partition coefficient (Wildman–Crippen LogP) is 1.29. The average molecular weight is 215 g/mol. The third kappa shape index (κ3) is 4.49. The highest BCUT2D eigenvalue weighted by Gasteiger charge is 2.23. The predicted molar refractivity (Wildman–Crippen MR) is 61.7 cm³/mol. The molecule has 3 nitrogen and oxygen atoms in total. The third-order valence-electron chi connectivity index (χ3n) is 3.50. The van der Waals surface area contributed by atoms with Gasteiger partial charge in [-0.1, -0.05) is 19.3 Å². The summed E-state index contributed by atoms with van der Waals surface area (Å²) in [6, 6.07) is 0.448. The quantitative estimate of drug-likeness (QED) is 0.648. The minimum atomic E-state index is -0.983. The molecule has 15 heavy (non-hydrogen) atoms. The molecule has 2 atom stereocenters. The average Bonchev–Trinajstić information content (AvgIpc) is 2.27. The van der Waals surface area contributed by atoms with E-state index in [4.69, 9.17) is 5.11 Å². The van der Waals surface area contributed by atoms with Crippen LogP contribution in [0.15, 0.2) is 0 Å². The maximum atomic E-state index is 9.66. The van der Waals surface area contributed by atoms with E-state index in [1.54, 1.807) is 6.92 Å². The Balaban J connectivity index is 2.25. The summed E-state index contributed by atoms with van der Waals surface area (Å²) < 4.78 is 0. The molecular formula is C12H25NO2. The first kappa shape index (κ1) is 12.9. The molecule has 0 aromatic carbocycles. The number of nitrogens with one attached hydrogen (secondary N) is 1. The lowest BCUT2D eigenvalue weighted by atomic mass is 9.84. The van der Waals surface area contributed by atoms with Crippen molar-refractivity contribution in [1.29, 1.82) is 0 Å². The molecule has 1 aliphatic rings. The summed E-state index contributed by atoms with van der Waals surface area (Å²) >= 11 is 0. The Morgan fingerprint density at radius 3 is 2.47 bits per heavy atom. The Morgan fingerprint density at radius 1 is 1.33 bits per heavy atom. The van der Waals surface area contributed by atoms with Crippen molar-refractivity contribution in [2.75, 3.05) is 13.2 Å². The Hall–Kier alpha value is -0.120. The van der Waals surface area contributed by atoms with Crippen LogP contribution in [0.5, 0.6) is 0 Å². The normalized spacial score (nSPS) is 24.8. The van der Waals surface area contributed by atoms with Crippen LogP contribution in [0.2, 0.25) is 0 Å². The van der Waals surface area contributed by atoms with E-state index in [9.17, 15) is 5.11 Å². The maximum absolute atomic E-state index is 9.66. The summed E-state index contributed by atoms with van der Waals surface area (Å²) in [4.78, 5) is 0. The fourth-order valence-corrected chi connectivity index (χ4v) is 2.24. The highest BCUT2D eigenvalue weighted by Crippen LogP contribution is 2.26. The van der Waals surface area contributed by atoms with E-state index < -0.39 is 5.60 Å². The van der Waals surface area contributed by atoms with Crippen LogP contribution in [0.1, 0.15) is 46.0 Å². The number of hydrogen-bond donors (Lipinski definition) is 3. The summed E-state index contributed by atoms with van der Waals surface area (Å²) in [6.45, 7) is 4.13. The van der Waals surface area contributed by atoms with E-state index in [1.165, 1.54) is 32.1 Å². The topological polar surface area (TPSA) is 52.5 Å². The molecule has 3 N–H and O–H groups in total. The fourth-order valence-electron chi connectivity index (χ4n) is 2.24. The van der Waals surface area contributed by atoms with Crippen LogP contribution in [-0.2, 0) is 0 Å². The van der Waals surface area contributed by atoms with Gasteiger partial charge in [-0.3, -0.25) is 0 Å². The Kier molecular flexibility index (Phi) is 5.03. The van der Waals surface area contributed by atoms with Gasteiger partial charge in [0.05, 0.1) is 12.2 Å². The first-order valence-electron chi connectivity index (χ1n) is 6.12. The van der Waals surface area contributed by atoms with Gasteiger partial charge in [0, 0.05) is 12.6 Å². The molecule has 2 unspecified atom stereocenters. The molecule has 0 spiro atoms. The van der Waals surface area contributed by atoms with E-state index in [0.29, 0.717) is 12.6 Å². The first-order valence-corrected chi connectivity index (χ1v) is 6.12. The highest BCUT2D eigenvalue weighted by molar-refractivity contribution is 4.80. The molecule has 1 aliphatic carbocycles. The van der Waals surface area contributed by atoms with Crippen molar-refractivity contribution in [3.63, 3.8) is 0 Å². The smallest absolute Gasteiger partial charge is 0.0972 e. The molecule has 1 saturated carbocycles. The van der Waals surface area contributed by atoms with E-state index >= 15 is 0 Å². The second-order valence-electron chi connectivity index (χ2n) is 5.22. The number of aliphatic hydroxyl groups is 2. The van der Waals surface area contributed by atoms with Gasteiger partial charge < -0.3 is 15.5 Å². The van der Waals surface area contributed by atoms with Gasteiger partial charge in [0.2, 0.25) is 0 Å². The summed E-state index contributed by atoms with van der Waals surface area (Å²) in [5.74, 6) is 0.744. The molecule has 3 heteroatoms. The van der Waals surface area contributed by atoms with E-state index in [1.807, 2.05) is 0 Å². The zero-order valence-corrected chi connectivity index (χ0v) is 10.00. The minimum absolute atomic E-state index is 0.183. The zero-order valence-electron chi connectivity index (χ0n) is 10.00. The molecule has 0 radical (unpaired) electrons. The van der Waals surface area contributed by atoms with E-state index in [0.717, 1.165) is 5.92 Å². The molecule has 1 rings (SSSR count). The highest BCUT2D eigenvalue weighted by atomic mass is 16.3. The zero-order chi connectivity index (χ0) is 11.3. The third-order valence-corrected chi connectivity index (χ3v) is 3.50. The Labute approximate surface area is 92.9 Å². The van der Waals surface area contributed by atoms with Crippen molar-refractivity contribution in [2.45, 2.75) is 57.6 Å². The van der Waals surface area contributed by atoms with Gasteiger partial charge >= 0.3 is 0 Å². The molecule has 0 amide bonds. The van der Waals surface area contributed by atoms with Gasteiger partial charge in [0.25, 0.3) is 0 Å². The lowest BCUT2D eigenvalue weighted by molar-refractivity contribution is -0.000699. The SMILES string of the molecule is CC(NCC(C)(O)CO)C1CCCCC1. The monoisotopic (exact) mass is 215 g/mol. The van der Waals surface area contributed by atoms with Gasteiger partial charge in [-0.15, -0.1) is 0 Å². The van der Waals surface area contributed by atoms with Crippen molar-refractivity contribution in [1.82, 2.24) is 5.32 Å². The molecule has 0 saturated heterocycles.